The fourth-order valence-corrected chi connectivity index (χ4v) is 1.07. The minimum Gasteiger partial charge on any atom is -0.244 e. The van der Waals surface area contributed by atoms with Gasteiger partial charge in [-0.25, -0.2) is 4.99 Å². The van der Waals surface area contributed by atoms with Crippen molar-refractivity contribution in [2.45, 2.75) is 19.3 Å². The minimum atomic E-state index is 0.470. The Morgan fingerprint density at radius 2 is 2.17 bits per heavy atom. The van der Waals surface area contributed by atoms with E-state index in [1.165, 1.54) is 6.21 Å². The van der Waals surface area contributed by atoms with E-state index in [1.807, 2.05) is 18.2 Å². The van der Waals surface area contributed by atoms with E-state index in [0.717, 1.165) is 19.3 Å². The fourth-order valence-electron chi connectivity index (χ4n) is 0.908. The first-order chi connectivity index (χ1) is 5.83. The van der Waals surface area contributed by atoms with Gasteiger partial charge in [-0.3, -0.25) is 0 Å². The maximum absolute atomic E-state index is 8.61. The molecule has 62 valence electrons. The highest BCUT2D eigenvalue weighted by atomic mass is 35.5. The van der Waals surface area contributed by atoms with Crippen molar-refractivity contribution in [3.05, 3.63) is 22.9 Å². The van der Waals surface area contributed by atoms with Crippen molar-refractivity contribution in [1.82, 2.24) is 0 Å². The Hall–Kier alpha value is -1.07. The van der Waals surface area contributed by atoms with Gasteiger partial charge in [0.2, 0.25) is 0 Å². The lowest BCUT2D eigenvalue weighted by atomic mass is 10.2. The number of rotatable bonds is 0. The van der Waals surface area contributed by atoms with Gasteiger partial charge in [-0.2, -0.15) is 5.26 Å². The zero-order valence-electron chi connectivity index (χ0n) is 6.63. The van der Waals surface area contributed by atoms with Crippen molar-refractivity contribution in [2.24, 2.45) is 4.99 Å². The molecule has 0 amide bonds. The Morgan fingerprint density at radius 1 is 1.42 bits per heavy atom. The van der Waals surface area contributed by atoms with Gasteiger partial charge in [0.05, 0.1) is 5.57 Å². The average molecular weight is 181 g/mol. The molecule has 0 saturated heterocycles. The van der Waals surface area contributed by atoms with Crippen LogP contribution in [0.5, 0.6) is 0 Å². The van der Waals surface area contributed by atoms with Crippen molar-refractivity contribution in [3.8, 4) is 6.07 Å². The summed E-state index contributed by atoms with van der Waals surface area (Å²) in [6, 6.07) is 2.05. The third-order valence-corrected chi connectivity index (χ3v) is 1.79. The van der Waals surface area contributed by atoms with Crippen LogP contribution in [0, 0.1) is 11.3 Å². The van der Waals surface area contributed by atoms with Gasteiger partial charge in [-0.1, -0.05) is 17.7 Å². The molecule has 3 heteroatoms. The molecule has 0 saturated carbocycles. The monoisotopic (exact) mass is 180 g/mol. The molecule has 0 unspecified atom stereocenters. The van der Waals surface area contributed by atoms with E-state index in [0.29, 0.717) is 10.7 Å². The van der Waals surface area contributed by atoms with Crippen LogP contribution in [-0.4, -0.2) is 6.21 Å². The Labute approximate surface area is 76.9 Å². The summed E-state index contributed by atoms with van der Waals surface area (Å²) in [6.45, 7) is 0. The number of aliphatic imine (C=N–C) groups is 1. The molecule has 0 spiro atoms. The largest absolute Gasteiger partial charge is 0.244 e. The van der Waals surface area contributed by atoms with Gasteiger partial charge in [0.25, 0.3) is 0 Å². The second-order valence-electron chi connectivity index (χ2n) is 2.49. The molecule has 0 aromatic rings. The highest BCUT2D eigenvalue weighted by Crippen LogP contribution is 2.10. The van der Waals surface area contributed by atoms with Crippen LogP contribution in [0.1, 0.15) is 19.3 Å². The zero-order valence-corrected chi connectivity index (χ0v) is 7.38. The van der Waals surface area contributed by atoms with Crippen LogP contribution in [0.15, 0.2) is 27.9 Å². The second-order valence-corrected chi connectivity index (χ2v) is 2.87. The molecule has 0 bridgehead atoms. The summed E-state index contributed by atoms with van der Waals surface area (Å²) in [6.07, 6.45) is 8.11. The van der Waals surface area contributed by atoms with Gasteiger partial charge in [-0.15, -0.1) is 0 Å². The molecular formula is C9H9ClN2. The molecule has 0 N–H and O–H groups in total. The van der Waals surface area contributed by atoms with Crippen LogP contribution in [0.2, 0.25) is 0 Å². The predicted molar refractivity (Wildman–Crippen MR) is 50.0 cm³/mol. The highest BCUT2D eigenvalue weighted by Gasteiger charge is 1.94. The van der Waals surface area contributed by atoms with Gasteiger partial charge in [0, 0.05) is 6.21 Å². The van der Waals surface area contributed by atoms with Crippen LogP contribution < -0.4 is 0 Å². The van der Waals surface area contributed by atoms with Crippen LogP contribution in [0.4, 0.5) is 0 Å². The molecule has 0 fully saturated rings. The smallest absolute Gasteiger partial charge is 0.125 e. The number of allylic oxidation sites excluding steroid dienone is 3. The van der Waals surface area contributed by atoms with Gasteiger partial charge >= 0.3 is 0 Å². The molecule has 2 nitrogen and oxygen atoms in total. The number of nitriles is 1. The SMILES string of the molecule is N#CC1=CCCC/C=C(\Cl)N=C1. The summed E-state index contributed by atoms with van der Waals surface area (Å²) in [5.74, 6) is 0. The second kappa shape index (κ2) is 4.74. The van der Waals surface area contributed by atoms with E-state index in [1.54, 1.807) is 0 Å². The van der Waals surface area contributed by atoms with Gasteiger partial charge < -0.3 is 0 Å². The zero-order chi connectivity index (χ0) is 8.81. The summed E-state index contributed by atoms with van der Waals surface area (Å²) in [5, 5.41) is 9.08. The molecule has 0 radical (unpaired) electrons. The lowest BCUT2D eigenvalue weighted by Gasteiger charge is -1.88. The Morgan fingerprint density at radius 3 is 2.92 bits per heavy atom. The number of nitrogens with zero attached hydrogens (tertiary/aromatic N) is 2. The van der Waals surface area contributed by atoms with E-state index in [-0.39, 0.29) is 0 Å². The van der Waals surface area contributed by atoms with Crippen LogP contribution in [0.3, 0.4) is 0 Å². The van der Waals surface area contributed by atoms with E-state index >= 15 is 0 Å². The fraction of sp³-hybridized carbons (Fsp3) is 0.333. The first-order valence-electron chi connectivity index (χ1n) is 3.83. The third kappa shape index (κ3) is 2.89. The van der Waals surface area contributed by atoms with Crippen LogP contribution >= 0.6 is 11.6 Å². The number of halogens is 1. The number of hydrogen-bond acceptors (Lipinski definition) is 2. The lowest BCUT2D eigenvalue weighted by Crippen LogP contribution is -1.79. The lowest BCUT2D eigenvalue weighted by molar-refractivity contribution is 0.866. The molecular weight excluding hydrogens is 172 g/mol. The van der Waals surface area contributed by atoms with Crippen molar-refractivity contribution in [1.29, 1.82) is 5.26 Å². The molecule has 1 aliphatic rings. The van der Waals surface area contributed by atoms with Crippen LogP contribution in [-0.2, 0) is 0 Å². The molecule has 1 heterocycles. The number of hydrogen-bond donors (Lipinski definition) is 0. The summed E-state index contributed by atoms with van der Waals surface area (Å²) in [5.41, 5.74) is 0.587. The molecule has 0 aliphatic carbocycles. The van der Waals surface area contributed by atoms with Crippen molar-refractivity contribution in [2.75, 3.05) is 0 Å². The van der Waals surface area contributed by atoms with E-state index in [2.05, 4.69) is 4.99 Å². The van der Waals surface area contributed by atoms with E-state index < -0.39 is 0 Å². The maximum Gasteiger partial charge on any atom is 0.125 e. The van der Waals surface area contributed by atoms with E-state index in [4.69, 9.17) is 16.9 Å². The molecule has 1 aliphatic heterocycles. The van der Waals surface area contributed by atoms with Crippen molar-refractivity contribution < 1.29 is 0 Å². The average Bonchev–Trinajstić information content (AvgIpc) is 2.17. The highest BCUT2D eigenvalue weighted by molar-refractivity contribution is 6.29. The Balaban J connectivity index is 2.80. The summed E-state index contributed by atoms with van der Waals surface area (Å²) in [7, 11) is 0. The quantitative estimate of drug-likeness (QED) is 0.528. The molecule has 12 heavy (non-hydrogen) atoms. The normalized spacial score (nSPS) is 22.3. The standard InChI is InChI=1S/C9H9ClN2/c10-9-5-3-1-2-4-8(6-11)7-12-9/h4-5,7H,1-3H2/b8-4?,9-5+,12-7?. The minimum absolute atomic E-state index is 0.470. The summed E-state index contributed by atoms with van der Waals surface area (Å²) in [4.78, 5) is 3.91. The van der Waals surface area contributed by atoms with Crippen LogP contribution in [0.25, 0.3) is 0 Å². The van der Waals surface area contributed by atoms with Crippen molar-refractivity contribution >= 4 is 17.8 Å². The Bertz CT molecular complexity index is 281. The van der Waals surface area contributed by atoms with Gasteiger partial charge in [0.15, 0.2) is 0 Å². The van der Waals surface area contributed by atoms with Gasteiger partial charge in [0.1, 0.15) is 11.2 Å². The van der Waals surface area contributed by atoms with Crippen molar-refractivity contribution in [3.63, 3.8) is 0 Å². The molecule has 0 aromatic heterocycles. The topological polar surface area (TPSA) is 36.1 Å². The summed E-state index contributed by atoms with van der Waals surface area (Å²) < 4.78 is 0. The first kappa shape index (κ1) is 9.02. The molecule has 0 aromatic carbocycles. The first-order valence-corrected chi connectivity index (χ1v) is 4.20. The van der Waals surface area contributed by atoms with Gasteiger partial charge in [-0.05, 0) is 25.3 Å². The maximum atomic E-state index is 8.61. The predicted octanol–water partition coefficient (Wildman–Crippen LogP) is 2.77. The third-order valence-electron chi connectivity index (χ3n) is 1.54. The van der Waals surface area contributed by atoms with E-state index in [9.17, 15) is 0 Å². The molecule has 0 atom stereocenters. The summed E-state index contributed by atoms with van der Waals surface area (Å²) >= 11 is 5.71. The molecule has 1 rings (SSSR count). The Kier molecular flexibility index (Phi) is 3.56.